The van der Waals surface area contributed by atoms with Gasteiger partial charge in [-0.15, -0.1) is 11.8 Å². The Morgan fingerprint density at radius 1 is 1.33 bits per heavy atom. The highest BCUT2D eigenvalue weighted by Gasteiger charge is 2.36. The molecule has 0 saturated carbocycles. The molecule has 0 saturated heterocycles. The first kappa shape index (κ1) is 21.4. The van der Waals surface area contributed by atoms with Gasteiger partial charge in [0, 0.05) is 29.8 Å². The molecule has 0 aliphatic rings. The average Bonchev–Trinajstić information content (AvgIpc) is 2.60. The van der Waals surface area contributed by atoms with Crippen LogP contribution in [-0.4, -0.2) is 23.7 Å². The molecule has 0 aliphatic heterocycles. The van der Waals surface area contributed by atoms with Crippen molar-refractivity contribution in [3.05, 3.63) is 45.4 Å². The van der Waals surface area contributed by atoms with Gasteiger partial charge in [0.2, 0.25) is 5.91 Å². The van der Waals surface area contributed by atoms with Crippen LogP contribution in [0.4, 0.5) is 13.2 Å². The molecule has 1 aromatic carbocycles. The lowest BCUT2D eigenvalue weighted by molar-refractivity contribution is -0.138. The maximum atomic E-state index is 13.5. The summed E-state index contributed by atoms with van der Waals surface area (Å²) >= 11 is 12.8. The smallest absolute Gasteiger partial charge is 0.359 e. The van der Waals surface area contributed by atoms with Crippen molar-refractivity contribution >= 4 is 40.9 Å². The number of nitrogens with one attached hydrogen (secondary N) is 1. The Balaban J connectivity index is 2.56. The molecule has 1 amide bonds. The van der Waals surface area contributed by atoms with E-state index in [0.717, 1.165) is 17.8 Å². The van der Waals surface area contributed by atoms with Crippen LogP contribution in [0, 0.1) is 11.3 Å². The average molecular weight is 434 g/mol. The number of alkyl halides is 3. The largest absolute Gasteiger partial charge is 0.417 e. The molecule has 0 unspecified atom stereocenters. The number of hydrogen-bond donors (Lipinski definition) is 1. The third-order valence-electron chi connectivity index (χ3n) is 3.46. The zero-order valence-corrected chi connectivity index (χ0v) is 16.2. The number of hydrogen-bond acceptors (Lipinski definition) is 4. The van der Waals surface area contributed by atoms with E-state index in [9.17, 15) is 23.2 Å². The number of amides is 1. The van der Waals surface area contributed by atoms with E-state index < -0.39 is 17.3 Å². The van der Waals surface area contributed by atoms with Crippen molar-refractivity contribution in [2.24, 2.45) is 0 Å². The van der Waals surface area contributed by atoms with Gasteiger partial charge in [-0.2, -0.15) is 18.4 Å². The van der Waals surface area contributed by atoms with Crippen LogP contribution in [0.1, 0.15) is 17.5 Å². The molecule has 1 heterocycles. The summed E-state index contributed by atoms with van der Waals surface area (Å²) in [7, 11) is 1.46. The van der Waals surface area contributed by atoms with Gasteiger partial charge in [-0.3, -0.25) is 4.79 Å². The van der Waals surface area contributed by atoms with Crippen LogP contribution in [0.15, 0.2) is 29.3 Å². The molecular formula is C17H12Cl2F3N3OS. The summed E-state index contributed by atoms with van der Waals surface area (Å²) in [4.78, 5) is 15.5. The minimum absolute atomic E-state index is 0.0366. The highest BCUT2D eigenvalue weighted by atomic mass is 35.5. The van der Waals surface area contributed by atoms with Crippen molar-refractivity contribution in [2.45, 2.75) is 17.6 Å². The minimum atomic E-state index is -4.75. The summed E-state index contributed by atoms with van der Waals surface area (Å²) in [6.45, 7) is 0. The quantitative estimate of drug-likeness (QED) is 0.660. The van der Waals surface area contributed by atoms with E-state index in [4.69, 9.17) is 23.2 Å². The van der Waals surface area contributed by atoms with Crippen molar-refractivity contribution < 1.29 is 18.0 Å². The predicted octanol–water partition coefficient (Wildman–Crippen LogP) is 5.17. The Labute approximate surface area is 167 Å². The number of nitrogens with zero attached hydrogens (tertiary/aromatic N) is 2. The van der Waals surface area contributed by atoms with Crippen LogP contribution in [-0.2, 0) is 11.0 Å². The number of carbonyl (C=O) groups is 1. The van der Waals surface area contributed by atoms with Gasteiger partial charge in [-0.25, -0.2) is 4.98 Å². The van der Waals surface area contributed by atoms with E-state index in [1.54, 1.807) is 6.07 Å². The highest BCUT2D eigenvalue weighted by Crippen LogP contribution is 2.39. The maximum absolute atomic E-state index is 13.5. The van der Waals surface area contributed by atoms with Gasteiger partial charge >= 0.3 is 6.18 Å². The molecule has 4 nitrogen and oxygen atoms in total. The number of halogens is 5. The summed E-state index contributed by atoms with van der Waals surface area (Å²) in [6, 6.07) is 6.69. The summed E-state index contributed by atoms with van der Waals surface area (Å²) in [5.41, 5.74) is -1.48. The normalized spacial score (nSPS) is 11.1. The molecular weight excluding hydrogens is 422 g/mol. The number of carbonyl (C=O) groups excluding carboxylic acids is 1. The van der Waals surface area contributed by atoms with E-state index in [-0.39, 0.29) is 39.4 Å². The molecule has 27 heavy (non-hydrogen) atoms. The van der Waals surface area contributed by atoms with Crippen molar-refractivity contribution in [3.63, 3.8) is 0 Å². The zero-order chi connectivity index (χ0) is 20.2. The van der Waals surface area contributed by atoms with Gasteiger partial charge in [0.1, 0.15) is 11.1 Å². The lowest BCUT2D eigenvalue weighted by atomic mass is 10.1. The molecule has 142 valence electrons. The standard InChI is InChI=1S/C17H12Cl2F3N3OS/c1-24-15(26)4-5-27-16-11(8-23)12(17(20,21)22)7-14(25-16)10-3-2-9(18)6-13(10)19/h2-3,6-7H,4-5H2,1H3,(H,24,26). The van der Waals surface area contributed by atoms with Crippen LogP contribution < -0.4 is 5.32 Å². The summed E-state index contributed by atoms with van der Waals surface area (Å²) in [6.07, 6.45) is -4.68. The van der Waals surface area contributed by atoms with Gasteiger partial charge in [0.15, 0.2) is 0 Å². The molecule has 0 atom stereocenters. The van der Waals surface area contributed by atoms with E-state index >= 15 is 0 Å². The van der Waals surface area contributed by atoms with Crippen molar-refractivity contribution in [3.8, 4) is 17.3 Å². The second-order valence-corrected chi connectivity index (χ2v) is 7.17. The number of nitriles is 1. The Bertz CT molecular complexity index is 914. The molecule has 1 aromatic heterocycles. The summed E-state index contributed by atoms with van der Waals surface area (Å²) in [5.74, 6) is -0.106. The van der Waals surface area contributed by atoms with Crippen molar-refractivity contribution in [1.82, 2.24) is 10.3 Å². The first-order valence-electron chi connectivity index (χ1n) is 7.48. The van der Waals surface area contributed by atoms with Gasteiger partial charge in [-0.1, -0.05) is 23.2 Å². The number of benzene rings is 1. The Morgan fingerprint density at radius 2 is 2.04 bits per heavy atom. The first-order valence-corrected chi connectivity index (χ1v) is 9.22. The Hall–Kier alpha value is -1.95. The molecule has 0 fully saturated rings. The highest BCUT2D eigenvalue weighted by molar-refractivity contribution is 7.99. The SMILES string of the molecule is CNC(=O)CCSc1nc(-c2ccc(Cl)cc2Cl)cc(C(F)(F)F)c1C#N. The first-order chi connectivity index (χ1) is 12.7. The minimum Gasteiger partial charge on any atom is -0.359 e. The van der Waals surface area contributed by atoms with Gasteiger partial charge in [0.05, 0.1) is 21.8 Å². The van der Waals surface area contributed by atoms with Gasteiger partial charge in [-0.05, 0) is 24.3 Å². The molecule has 0 radical (unpaired) electrons. The molecule has 0 bridgehead atoms. The van der Waals surface area contributed by atoms with E-state index in [1.165, 1.54) is 25.2 Å². The van der Waals surface area contributed by atoms with Crippen LogP contribution in [0.3, 0.4) is 0 Å². The Kier molecular flexibility index (Phi) is 6.98. The fraction of sp³-hybridized carbons (Fsp3) is 0.235. The number of aromatic nitrogens is 1. The maximum Gasteiger partial charge on any atom is 0.417 e. The second kappa shape index (κ2) is 8.83. The second-order valence-electron chi connectivity index (χ2n) is 5.24. The number of pyridine rings is 1. The molecule has 2 rings (SSSR count). The van der Waals surface area contributed by atoms with Gasteiger partial charge in [0.25, 0.3) is 0 Å². The fourth-order valence-electron chi connectivity index (χ4n) is 2.16. The van der Waals surface area contributed by atoms with Crippen LogP contribution in [0.25, 0.3) is 11.3 Å². The number of thioether (sulfide) groups is 1. The zero-order valence-electron chi connectivity index (χ0n) is 13.8. The third-order valence-corrected chi connectivity index (χ3v) is 4.98. The van der Waals surface area contributed by atoms with E-state index in [0.29, 0.717) is 5.02 Å². The van der Waals surface area contributed by atoms with Gasteiger partial charge < -0.3 is 5.32 Å². The van der Waals surface area contributed by atoms with Crippen LogP contribution >= 0.6 is 35.0 Å². The van der Waals surface area contributed by atoms with E-state index in [1.807, 2.05) is 0 Å². The molecule has 10 heteroatoms. The van der Waals surface area contributed by atoms with Crippen LogP contribution in [0.2, 0.25) is 10.0 Å². The topological polar surface area (TPSA) is 65.8 Å². The molecule has 1 N–H and O–H groups in total. The van der Waals surface area contributed by atoms with Crippen LogP contribution in [0.5, 0.6) is 0 Å². The molecule has 0 aliphatic carbocycles. The molecule has 2 aromatic rings. The van der Waals surface area contributed by atoms with Crippen molar-refractivity contribution in [1.29, 1.82) is 5.26 Å². The lowest BCUT2D eigenvalue weighted by Crippen LogP contribution is -2.18. The summed E-state index contributed by atoms with van der Waals surface area (Å²) < 4.78 is 40.4. The number of rotatable bonds is 5. The van der Waals surface area contributed by atoms with E-state index in [2.05, 4.69) is 10.3 Å². The van der Waals surface area contributed by atoms with Crippen molar-refractivity contribution in [2.75, 3.05) is 12.8 Å². The summed E-state index contributed by atoms with van der Waals surface area (Å²) in [5, 5.41) is 12.0. The predicted molar refractivity (Wildman–Crippen MR) is 98.8 cm³/mol. The third kappa shape index (κ3) is 5.28. The monoisotopic (exact) mass is 433 g/mol. The lowest BCUT2D eigenvalue weighted by Gasteiger charge is -2.15. The Morgan fingerprint density at radius 3 is 2.59 bits per heavy atom. The fourth-order valence-corrected chi connectivity index (χ4v) is 3.61. The molecule has 0 spiro atoms.